The lowest BCUT2D eigenvalue weighted by molar-refractivity contribution is 1.09. The molecule has 3 nitrogen and oxygen atoms in total. The Morgan fingerprint density at radius 1 is 1.31 bits per heavy atom. The fourth-order valence-corrected chi connectivity index (χ4v) is 1.44. The first-order valence-corrected chi connectivity index (χ1v) is 4.31. The highest BCUT2D eigenvalue weighted by Gasteiger charge is 2.05. The molecule has 2 heterocycles. The highest BCUT2D eigenvalue weighted by molar-refractivity contribution is 5.55. The van der Waals surface area contributed by atoms with Gasteiger partial charge in [-0.25, -0.2) is 4.98 Å². The van der Waals surface area contributed by atoms with Crippen LogP contribution in [0.3, 0.4) is 0 Å². The quantitative estimate of drug-likeness (QED) is 0.664. The zero-order chi connectivity index (χ0) is 9.59. The molecular weight excluding hydrogens is 162 g/mol. The summed E-state index contributed by atoms with van der Waals surface area (Å²) in [5.41, 5.74) is 10.9. The Kier molecular flexibility index (Phi) is 1.55. The number of hydrogen-bond donors (Lipinski definition) is 1. The largest absolute Gasteiger partial charge is 0.397 e. The number of pyridine rings is 1. The smallest absolute Gasteiger partial charge is 0.137 e. The Morgan fingerprint density at radius 2 is 2.00 bits per heavy atom. The van der Waals surface area contributed by atoms with E-state index in [0.29, 0.717) is 0 Å². The van der Waals surface area contributed by atoms with Crippen LogP contribution < -0.4 is 5.73 Å². The lowest BCUT2D eigenvalue weighted by Crippen LogP contribution is -1.95. The Hall–Kier alpha value is -1.51. The molecule has 0 bridgehead atoms. The minimum Gasteiger partial charge on any atom is -0.397 e. The number of rotatable bonds is 0. The molecule has 0 amide bonds. The second kappa shape index (κ2) is 2.49. The number of nitrogens with zero attached hydrogens (tertiary/aromatic N) is 2. The van der Waals surface area contributed by atoms with Crippen molar-refractivity contribution in [2.24, 2.45) is 0 Å². The van der Waals surface area contributed by atoms with E-state index in [1.807, 2.05) is 37.4 Å². The molecule has 0 aliphatic rings. The van der Waals surface area contributed by atoms with Gasteiger partial charge in [0.1, 0.15) is 5.65 Å². The van der Waals surface area contributed by atoms with E-state index in [-0.39, 0.29) is 0 Å². The molecular formula is C10H13N3. The Balaban J connectivity index is 2.89. The second-order valence-corrected chi connectivity index (χ2v) is 3.42. The van der Waals surface area contributed by atoms with Gasteiger partial charge in [0.15, 0.2) is 0 Å². The first-order chi connectivity index (χ1) is 6.09. The van der Waals surface area contributed by atoms with Crippen LogP contribution in [-0.2, 0) is 0 Å². The first kappa shape index (κ1) is 8.10. The van der Waals surface area contributed by atoms with Gasteiger partial charge in [0.2, 0.25) is 0 Å². The maximum absolute atomic E-state index is 5.82. The zero-order valence-electron chi connectivity index (χ0n) is 8.13. The van der Waals surface area contributed by atoms with Crippen molar-refractivity contribution in [1.82, 2.24) is 9.38 Å². The van der Waals surface area contributed by atoms with Crippen molar-refractivity contribution in [1.29, 1.82) is 0 Å². The third-order valence-electron chi connectivity index (χ3n) is 2.48. The third-order valence-corrected chi connectivity index (χ3v) is 2.48. The molecule has 0 aliphatic heterocycles. The summed E-state index contributed by atoms with van der Waals surface area (Å²) in [5, 5.41) is 0. The van der Waals surface area contributed by atoms with Crippen molar-refractivity contribution in [2.75, 3.05) is 5.73 Å². The van der Waals surface area contributed by atoms with Gasteiger partial charge in [-0.1, -0.05) is 0 Å². The zero-order valence-corrected chi connectivity index (χ0v) is 8.13. The lowest BCUT2D eigenvalue weighted by Gasteiger charge is -2.01. The van der Waals surface area contributed by atoms with Crippen molar-refractivity contribution in [3.8, 4) is 0 Å². The molecule has 13 heavy (non-hydrogen) atoms. The fourth-order valence-electron chi connectivity index (χ4n) is 1.44. The number of nitrogens with two attached hydrogens (primary N) is 1. The van der Waals surface area contributed by atoms with Gasteiger partial charge < -0.3 is 10.1 Å². The van der Waals surface area contributed by atoms with Crippen molar-refractivity contribution in [2.45, 2.75) is 20.8 Å². The van der Waals surface area contributed by atoms with Gasteiger partial charge in [0, 0.05) is 11.9 Å². The molecule has 2 rings (SSSR count). The van der Waals surface area contributed by atoms with Gasteiger partial charge in [0.25, 0.3) is 0 Å². The Morgan fingerprint density at radius 3 is 2.69 bits per heavy atom. The second-order valence-electron chi connectivity index (χ2n) is 3.42. The van der Waals surface area contributed by atoms with Crippen molar-refractivity contribution in [3.05, 3.63) is 29.2 Å². The molecule has 2 aromatic heterocycles. The molecule has 2 aromatic rings. The molecule has 68 valence electrons. The van der Waals surface area contributed by atoms with E-state index in [9.17, 15) is 0 Å². The Labute approximate surface area is 77.2 Å². The summed E-state index contributed by atoms with van der Waals surface area (Å²) in [6, 6.07) is 2.01. The van der Waals surface area contributed by atoms with Crippen LogP contribution in [0, 0.1) is 20.8 Å². The average molecular weight is 175 g/mol. The molecule has 0 aromatic carbocycles. The molecule has 0 fully saturated rings. The minimum atomic E-state index is 0.813. The molecule has 0 aliphatic carbocycles. The van der Waals surface area contributed by atoms with Crippen LogP contribution >= 0.6 is 0 Å². The van der Waals surface area contributed by atoms with Gasteiger partial charge >= 0.3 is 0 Å². The average Bonchev–Trinajstić information content (AvgIpc) is 2.32. The maximum Gasteiger partial charge on any atom is 0.137 e. The topological polar surface area (TPSA) is 43.3 Å². The number of imidazole rings is 1. The molecule has 0 saturated carbocycles. The van der Waals surface area contributed by atoms with Crippen molar-refractivity contribution in [3.63, 3.8) is 0 Å². The van der Waals surface area contributed by atoms with Crippen LogP contribution in [0.5, 0.6) is 0 Å². The van der Waals surface area contributed by atoms with Crippen LogP contribution in [0.4, 0.5) is 5.69 Å². The van der Waals surface area contributed by atoms with E-state index in [0.717, 1.165) is 28.3 Å². The van der Waals surface area contributed by atoms with E-state index in [4.69, 9.17) is 5.73 Å². The SMILES string of the molecule is Cc1cc2nc(C)c(C)n2cc1N. The number of aromatic nitrogens is 2. The summed E-state index contributed by atoms with van der Waals surface area (Å²) in [6.45, 7) is 6.05. The summed E-state index contributed by atoms with van der Waals surface area (Å²) >= 11 is 0. The Bertz CT molecular complexity index is 468. The predicted molar refractivity (Wildman–Crippen MR) is 53.8 cm³/mol. The molecule has 2 N–H and O–H groups in total. The third kappa shape index (κ3) is 1.08. The van der Waals surface area contributed by atoms with Gasteiger partial charge in [-0.3, -0.25) is 0 Å². The molecule has 3 heteroatoms. The maximum atomic E-state index is 5.82. The summed E-state index contributed by atoms with van der Waals surface area (Å²) in [7, 11) is 0. The number of fused-ring (bicyclic) bond motifs is 1. The predicted octanol–water partition coefficient (Wildman–Crippen LogP) is 1.84. The van der Waals surface area contributed by atoms with E-state index in [1.54, 1.807) is 0 Å². The van der Waals surface area contributed by atoms with E-state index in [2.05, 4.69) is 4.98 Å². The molecule has 0 atom stereocenters. The highest BCUT2D eigenvalue weighted by atomic mass is 15.0. The van der Waals surface area contributed by atoms with Crippen LogP contribution in [0.2, 0.25) is 0 Å². The van der Waals surface area contributed by atoms with Gasteiger partial charge in [-0.05, 0) is 32.4 Å². The van der Waals surface area contributed by atoms with Crippen LogP contribution in [0.1, 0.15) is 17.0 Å². The molecule has 0 radical (unpaired) electrons. The minimum absolute atomic E-state index is 0.813. The normalized spacial score (nSPS) is 11.0. The van der Waals surface area contributed by atoms with E-state index >= 15 is 0 Å². The van der Waals surface area contributed by atoms with Gasteiger partial charge in [-0.2, -0.15) is 0 Å². The van der Waals surface area contributed by atoms with Crippen LogP contribution in [0.25, 0.3) is 5.65 Å². The van der Waals surface area contributed by atoms with Gasteiger partial charge in [-0.15, -0.1) is 0 Å². The number of aryl methyl sites for hydroxylation is 3. The van der Waals surface area contributed by atoms with E-state index in [1.165, 1.54) is 0 Å². The fraction of sp³-hybridized carbons (Fsp3) is 0.300. The monoisotopic (exact) mass is 175 g/mol. The lowest BCUT2D eigenvalue weighted by atomic mass is 10.2. The van der Waals surface area contributed by atoms with Crippen molar-refractivity contribution < 1.29 is 0 Å². The highest BCUT2D eigenvalue weighted by Crippen LogP contribution is 2.16. The van der Waals surface area contributed by atoms with Gasteiger partial charge in [0.05, 0.1) is 11.4 Å². The number of hydrogen-bond acceptors (Lipinski definition) is 2. The molecule has 0 spiro atoms. The molecule has 0 unspecified atom stereocenters. The number of nitrogen functional groups attached to an aromatic ring is 1. The summed E-state index contributed by atoms with van der Waals surface area (Å²) in [6.07, 6.45) is 1.93. The summed E-state index contributed by atoms with van der Waals surface area (Å²) < 4.78 is 2.03. The van der Waals surface area contributed by atoms with Crippen LogP contribution in [0.15, 0.2) is 12.3 Å². The first-order valence-electron chi connectivity index (χ1n) is 4.31. The van der Waals surface area contributed by atoms with E-state index < -0.39 is 0 Å². The van der Waals surface area contributed by atoms with Crippen LogP contribution in [-0.4, -0.2) is 9.38 Å². The number of anilines is 1. The summed E-state index contributed by atoms with van der Waals surface area (Å²) in [4.78, 5) is 4.42. The molecule has 0 saturated heterocycles. The van der Waals surface area contributed by atoms with Crippen molar-refractivity contribution >= 4 is 11.3 Å². The summed E-state index contributed by atoms with van der Waals surface area (Å²) in [5.74, 6) is 0. The standard InChI is InChI=1S/C10H13N3/c1-6-4-10-12-7(2)8(3)13(10)5-9(6)11/h4-5H,11H2,1-3H3.